The summed E-state index contributed by atoms with van der Waals surface area (Å²) in [6, 6.07) is 0. The zero-order valence-corrected chi connectivity index (χ0v) is 19.7. The number of nitrogen functional groups attached to an aromatic ring is 1. The number of nitrogens with two attached hydrogens (primary N) is 1. The lowest BCUT2D eigenvalue weighted by atomic mass is 10.1. The Labute approximate surface area is 184 Å². The van der Waals surface area contributed by atoms with Gasteiger partial charge in [-0.25, -0.2) is 9.55 Å². The van der Waals surface area contributed by atoms with Gasteiger partial charge in [-0.15, -0.1) is 0 Å². The molecule has 0 bridgehead atoms. The van der Waals surface area contributed by atoms with Crippen molar-refractivity contribution in [3.8, 4) is 0 Å². The third-order valence-electron chi connectivity index (χ3n) is 4.36. The zero-order chi connectivity index (χ0) is 24.1. The maximum atomic E-state index is 12.6. The molecule has 0 amide bonds. The molecule has 13 nitrogen and oxygen atoms in total. The summed E-state index contributed by atoms with van der Waals surface area (Å²) in [5.74, 6) is -0.143. The van der Waals surface area contributed by atoms with Crippen molar-refractivity contribution in [1.29, 1.82) is 0 Å². The normalized spacial score (nSPS) is 26.5. The monoisotopic (exact) mass is 475 g/mol. The van der Waals surface area contributed by atoms with E-state index in [0.717, 1.165) is 0 Å². The number of aliphatic hydroxyl groups excluding tert-OH is 1. The molecule has 1 aliphatic rings. The second-order valence-electron chi connectivity index (χ2n) is 9.50. The summed E-state index contributed by atoms with van der Waals surface area (Å²) < 4.78 is 36.1. The van der Waals surface area contributed by atoms with Gasteiger partial charge >= 0.3 is 7.82 Å². The summed E-state index contributed by atoms with van der Waals surface area (Å²) in [7, 11) is -4.58. The number of phosphoric acid groups is 1. The fourth-order valence-electron chi connectivity index (χ4n) is 3.20. The van der Waals surface area contributed by atoms with Crippen LogP contribution in [0.1, 0.15) is 47.8 Å². The predicted octanol–water partition coefficient (Wildman–Crippen LogP) is 1.08. The van der Waals surface area contributed by atoms with Gasteiger partial charge in [0.1, 0.15) is 18.3 Å². The second kappa shape index (κ2) is 8.49. The van der Waals surface area contributed by atoms with Crippen LogP contribution < -0.4 is 11.3 Å². The van der Waals surface area contributed by atoms with Crippen molar-refractivity contribution in [3.63, 3.8) is 0 Å². The van der Waals surface area contributed by atoms with E-state index in [2.05, 4.69) is 15.0 Å². The quantitative estimate of drug-likeness (QED) is 0.438. The summed E-state index contributed by atoms with van der Waals surface area (Å²) in [4.78, 5) is 32.7. The van der Waals surface area contributed by atoms with Gasteiger partial charge in [0.15, 0.2) is 17.4 Å². The maximum Gasteiger partial charge on any atom is 0.473 e. The number of phosphoric ester groups is 1. The molecule has 1 fully saturated rings. The molecule has 0 saturated carbocycles. The lowest BCUT2D eigenvalue weighted by Gasteiger charge is -2.28. The van der Waals surface area contributed by atoms with Crippen LogP contribution in [0.25, 0.3) is 11.2 Å². The summed E-state index contributed by atoms with van der Waals surface area (Å²) >= 11 is 0. The topological polar surface area (TPSA) is 184 Å². The highest BCUT2D eigenvalue weighted by Gasteiger charge is 2.50. The number of imidazole rings is 1. The Morgan fingerprint density at radius 3 is 2.53 bits per heavy atom. The fourth-order valence-corrected chi connectivity index (χ4v) is 4.50. The molecule has 5 atom stereocenters. The first-order chi connectivity index (χ1) is 14.6. The molecule has 1 aliphatic heterocycles. The number of fused-ring (bicyclic) bond motifs is 1. The minimum Gasteiger partial charge on any atom is -0.386 e. The Morgan fingerprint density at radius 2 is 1.94 bits per heavy atom. The average molecular weight is 475 g/mol. The second-order valence-corrected chi connectivity index (χ2v) is 10.8. The van der Waals surface area contributed by atoms with Crippen molar-refractivity contribution in [1.82, 2.24) is 19.5 Å². The van der Waals surface area contributed by atoms with Gasteiger partial charge in [0.2, 0.25) is 5.95 Å². The van der Waals surface area contributed by atoms with Crippen molar-refractivity contribution in [2.45, 2.75) is 77.3 Å². The van der Waals surface area contributed by atoms with Crippen LogP contribution in [0.15, 0.2) is 11.1 Å². The van der Waals surface area contributed by atoms with Gasteiger partial charge in [0, 0.05) is 0 Å². The van der Waals surface area contributed by atoms with E-state index in [9.17, 15) is 19.4 Å². The van der Waals surface area contributed by atoms with Crippen LogP contribution in [0, 0.1) is 0 Å². The van der Waals surface area contributed by atoms with Gasteiger partial charge in [-0.1, -0.05) is 0 Å². The summed E-state index contributed by atoms with van der Waals surface area (Å²) in [6.45, 7) is 10.2. The van der Waals surface area contributed by atoms with E-state index in [-0.39, 0.29) is 23.7 Å². The molecule has 3 rings (SSSR count). The number of aliphatic hydroxyl groups is 1. The van der Waals surface area contributed by atoms with Crippen LogP contribution in [0.3, 0.4) is 0 Å². The van der Waals surface area contributed by atoms with Crippen molar-refractivity contribution < 1.29 is 33.1 Å². The number of nitrogens with zero attached hydrogens (tertiary/aromatic N) is 3. The third-order valence-corrected chi connectivity index (χ3v) is 5.65. The molecule has 2 unspecified atom stereocenters. The van der Waals surface area contributed by atoms with Crippen LogP contribution in [0.4, 0.5) is 5.95 Å². The van der Waals surface area contributed by atoms with Gasteiger partial charge in [0.05, 0.1) is 24.1 Å². The van der Waals surface area contributed by atoms with Crippen LogP contribution in [0.2, 0.25) is 0 Å². The number of aromatic nitrogens is 4. The molecule has 0 aromatic carbocycles. The minimum absolute atomic E-state index is 0.00856. The van der Waals surface area contributed by atoms with E-state index in [0.29, 0.717) is 0 Å². The standard InChI is InChI=1S/C18H30N5O8P/c1-17(2,3)28-7-9-12(30-32(26,27)31-18(4,5)6)11(24)15(29-9)23-8-20-10-13(23)21-16(19)22-14(10)25/h8-9,11-12,15,24H,7H2,1-6H3,(H,26,27)(H3,19,21,22,25)/t9-,11+,12?,15-/m1/s1. The van der Waals surface area contributed by atoms with Crippen molar-refractivity contribution in [3.05, 3.63) is 16.7 Å². The molecule has 0 aliphatic carbocycles. The molecule has 2 aromatic rings. The first kappa shape index (κ1) is 24.8. The largest absolute Gasteiger partial charge is 0.473 e. The SMILES string of the molecule is CC(C)(C)OC[C@H]1O[C@@H](n2cnc3c(=O)[nH]c(N)nc32)[C@@H](O)C1OP(=O)(O)OC(C)(C)C. The number of aromatic amines is 1. The van der Waals surface area contributed by atoms with Gasteiger partial charge in [-0.05, 0) is 41.5 Å². The first-order valence-corrected chi connectivity index (χ1v) is 11.5. The summed E-state index contributed by atoms with van der Waals surface area (Å²) in [5, 5.41) is 11.0. The number of nitrogens with one attached hydrogen (secondary N) is 1. The molecule has 14 heteroatoms. The lowest BCUT2D eigenvalue weighted by molar-refractivity contribution is -0.0995. The van der Waals surface area contributed by atoms with E-state index < -0.39 is 49.1 Å². The minimum atomic E-state index is -4.58. The zero-order valence-electron chi connectivity index (χ0n) is 18.8. The van der Waals surface area contributed by atoms with E-state index in [1.165, 1.54) is 10.9 Å². The highest BCUT2D eigenvalue weighted by molar-refractivity contribution is 7.47. The molecule has 2 aromatic heterocycles. The van der Waals surface area contributed by atoms with Gasteiger partial charge < -0.3 is 25.2 Å². The number of H-pyrrole nitrogens is 1. The molecular weight excluding hydrogens is 445 g/mol. The highest BCUT2D eigenvalue weighted by atomic mass is 31.2. The maximum absolute atomic E-state index is 12.6. The molecule has 3 heterocycles. The smallest absolute Gasteiger partial charge is 0.386 e. The molecule has 0 spiro atoms. The van der Waals surface area contributed by atoms with E-state index in [1.807, 2.05) is 20.8 Å². The van der Waals surface area contributed by atoms with Crippen molar-refractivity contribution >= 4 is 24.9 Å². The van der Waals surface area contributed by atoms with E-state index in [1.54, 1.807) is 20.8 Å². The summed E-state index contributed by atoms with van der Waals surface area (Å²) in [5.41, 5.74) is 3.62. The van der Waals surface area contributed by atoms with Crippen LogP contribution >= 0.6 is 7.82 Å². The van der Waals surface area contributed by atoms with Crippen LogP contribution in [-0.2, 0) is 23.1 Å². The predicted molar refractivity (Wildman–Crippen MR) is 114 cm³/mol. The highest BCUT2D eigenvalue weighted by Crippen LogP contribution is 2.51. The molecule has 180 valence electrons. The molecular formula is C18H30N5O8P. The Hall–Kier alpha value is -1.86. The number of rotatable bonds is 6. The van der Waals surface area contributed by atoms with E-state index in [4.69, 9.17) is 24.3 Å². The molecule has 32 heavy (non-hydrogen) atoms. The third kappa shape index (κ3) is 5.73. The van der Waals surface area contributed by atoms with E-state index >= 15 is 0 Å². The first-order valence-electron chi connectivity index (χ1n) is 9.98. The Kier molecular flexibility index (Phi) is 6.57. The molecule has 1 saturated heterocycles. The van der Waals surface area contributed by atoms with Gasteiger partial charge in [-0.3, -0.25) is 23.4 Å². The van der Waals surface area contributed by atoms with Crippen LogP contribution in [-0.4, -0.2) is 65.6 Å². The fraction of sp³-hybridized carbons (Fsp3) is 0.722. The van der Waals surface area contributed by atoms with Crippen LogP contribution in [0.5, 0.6) is 0 Å². The number of anilines is 1. The number of hydrogen-bond acceptors (Lipinski definition) is 10. The Bertz CT molecular complexity index is 1070. The van der Waals surface area contributed by atoms with Crippen molar-refractivity contribution in [2.75, 3.05) is 12.3 Å². The Balaban J connectivity index is 1.95. The van der Waals surface area contributed by atoms with Gasteiger partial charge in [0.25, 0.3) is 5.56 Å². The number of hydrogen-bond donors (Lipinski definition) is 4. The van der Waals surface area contributed by atoms with Gasteiger partial charge in [-0.2, -0.15) is 4.98 Å². The Morgan fingerprint density at radius 1 is 1.28 bits per heavy atom. The summed E-state index contributed by atoms with van der Waals surface area (Å²) in [6.07, 6.45) is -3.59. The molecule has 0 radical (unpaired) electrons. The van der Waals surface area contributed by atoms with Crippen molar-refractivity contribution in [2.24, 2.45) is 0 Å². The average Bonchev–Trinajstić information content (AvgIpc) is 3.12. The number of ether oxygens (including phenoxy) is 2. The lowest BCUT2D eigenvalue weighted by Crippen LogP contribution is -2.38. The molecule has 5 N–H and O–H groups in total.